The van der Waals surface area contributed by atoms with Crippen molar-refractivity contribution in [3.05, 3.63) is 64.4 Å². The molecule has 0 spiro atoms. The molecule has 5 nitrogen and oxygen atoms in total. The Hall–Kier alpha value is -2.60. The van der Waals surface area contributed by atoms with E-state index >= 15 is 0 Å². The Kier molecular flexibility index (Phi) is 5.72. The minimum absolute atomic E-state index is 0.108. The average Bonchev–Trinajstić information content (AvgIpc) is 3.28. The molecule has 1 aromatic heterocycles. The number of rotatable bonds is 5. The van der Waals surface area contributed by atoms with Gasteiger partial charge in [0.2, 0.25) is 5.91 Å². The van der Waals surface area contributed by atoms with E-state index in [2.05, 4.69) is 6.92 Å². The second-order valence-corrected chi connectivity index (χ2v) is 8.67. The number of benzene rings is 2. The van der Waals surface area contributed by atoms with E-state index in [-0.39, 0.29) is 16.7 Å². The zero-order valence-electron chi connectivity index (χ0n) is 16.8. The molecule has 2 heterocycles. The summed E-state index contributed by atoms with van der Waals surface area (Å²) in [6.07, 6.45) is 3.06. The third kappa shape index (κ3) is 3.94. The number of thioether (sulfide) groups is 1. The first kappa shape index (κ1) is 19.7. The summed E-state index contributed by atoms with van der Waals surface area (Å²) in [6, 6.07) is 15.3. The summed E-state index contributed by atoms with van der Waals surface area (Å²) in [7, 11) is 0. The van der Waals surface area contributed by atoms with Crippen molar-refractivity contribution in [3.63, 3.8) is 0 Å². The average molecular weight is 408 g/mol. The van der Waals surface area contributed by atoms with Gasteiger partial charge in [0.1, 0.15) is 0 Å². The molecule has 0 radical (unpaired) electrons. The van der Waals surface area contributed by atoms with Crippen molar-refractivity contribution >= 4 is 28.6 Å². The fraction of sp³-hybridized carbons (Fsp3) is 0.348. The number of hydrogen-bond acceptors (Lipinski definition) is 4. The van der Waals surface area contributed by atoms with E-state index in [4.69, 9.17) is 4.98 Å². The van der Waals surface area contributed by atoms with Gasteiger partial charge in [-0.1, -0.05) is 43.0 Å². The first-order chi connectivity index (χ1) is 14.1. The number of nitrogens with zero attached hydrogens (tertiary/aromatic N) is 3. The van der Waals surface area contributed by atoms with Crippen molar-refractivity contribution in [3.8, 4) is 5.69 Å². The van der Waals surface area contributed by atoms with Crippen LogP contribution in [-0.2, 0) is 11.2 Å². The quantitative estimate of drug-likeness (QED) is 0.473. The molecule has 3 aromatic rings. The Morgan fingerprint density at radius 3 is 2.48 bits per heavy atom. The molecule has 0 bridgehead atoms. The van der Waals surface area contributed by atoms with Gasteiger partial charge in [-0.2, -0.15) is 0 Å². The summed E-state index contributed by atoms with van der Waals surface area (Å²) < 4.78 is 1.64. The molecule has 1 aliphatic rings. The lowest BCUT2D eigenvalue weighted by Gasteiger charge is -2.21. The van der Waals surface area contributed by atoms with E-state index in [9.17, 15) is 9.59 Å². The van der Waals surface area contributed by atoms with Crippen LogP contribution in [0.3, 0.4) is 0 Å². The van der Waals surface area contributed by atoms with E-state index in [1.54, 1.807) is 10.6 Å². The summed E-state index contributed by atoms with van der Waals surface area (Å²) in [5.41, 5.74) is 2.53. The molecule has 0 aliphatic carbocycles. The van der Waals surface area contributed by atoms with E-state index in [0.29, 0.717) is 16.1 Å². The Balaban J connectivity index is 1.78. The van der Waals surface area contributed by atoms with Crippen LogP contribution in [0.1, 0.15) is 32.3 Å². The Morgan fingerprint density at radius 1 is 1.10 bits per heavy atom. The predicted molar refractivity (Wildman–Crippen MR) is 118 cm³/mol. The van der Waals surface area contributed by atoms with Gasteiger partial charge in [-0.15, -0.1) is 0 Å². The monoisotopic (exact) mass is 407 g/mol. The van der Waals surface area contributed by atoms with Crippen molar-refractivity contribution in [1.29, 1.82) is 0 Å². The number of hydrogen-bond donors (Lipinski definition) is 0. The molecule has 150 valence electrons. The molecule has 1 aliphatic heterocycles. The van der Waals surface area contributed by atoms with Crippen LogP contribution in [0.25, 0.3) is 16.6 Å². The summed E-state index contributed by atoms with van der Waals surface area (Å²) in [6.45, 7) is 5.64. The normalized spacial score (nSPS) is 15.0. The molecule has 1 fully saturated rings. The largest absolute Gasteiger partial charge is 0.342 e. The minimum Gasteiger partial charge on any atom is -0.342 e. The maximum absolute atomic E-state index is 13.3. The Morgan fingerprint density at radius 2 is 1.79 bits per heavy atom. The fourth-order valence-corrected chi connectivity index (χ4v) is 4.71. The molecule has 2 aromatic carbocycles. The van der Waals surface area contributed by atoms with Crippen LogP contribution in [0.2, 0.25) is 0 Å². The van der Waals surface area contributed by atoms with E-state index in [0.717, 1.165) is 38.0 Å². The van der Waals surface area contributed by atoms with Gasteiger partial charge in [-0.3, -0.25) is 14.2 Å². The predicted octanol–water partition coefficient (Wildman–Crippen LogP) is 4.05. The SMILES string of the molecule is CCc1ccc(-n2c(S[C@H](C)C(=O)N3CCCC3)nc3ccccc3c2=O)cc1. The highest BCUT2D eigenvalue weighted by molar-refractivity contribution is 8.00. The van der Waals surface area contributed by atoms with Crippen molar-refractivity contribution in [2.45, 2.75) is 43.5 Å². The van der Waals surface area contributed by atoms with Gasteiger partial charge < -0.3 is 4.90 Å². The summed E-state index contributed by atoms with van der Waals surface area (Å²) in [5.74, 6) is 0.114. The number of carbonyl (C=O) groups excluding carboxylic acids is 1. The highest BCUT2D eigenvalue weighted by Gasteiger charge is 2.26. The number of fused-ring (bicyclic) bond motifs is 1. The molecule has 0 saturated carbocycles. The third-order valence-corrected chi connectivity index (χ3v) is 6.44. The van der Waals surface area contributed by atoms with Gasteiger partial charge in [0.25, 0.3) is 5.56 Å². The zero-order valence-corrected chi connectivity index (χ0v) is 17.6. The van der Waals surface area contributed by atoms with Crippen molar-refractivity contribution in [2.24, 2.45) is 0 Å². The lowest BCUT2D eigenvalue weighted by molar-refractivity contribution is -0.129. The maximum atomic E-state index is 13.3. The van der Waals surface area contributed by atoms with Gasteiger partial charge >= 0.3 is 0 Å². The topological polar surface area (TPSA) is 55.2 Å². The lowest BCUT2D eigenvalue weighted by atomic mass is 10.1. The number of likely N-dealkylation sites (tertiary alicyclic amines) is 1. The number of aryl methyl sites for hydroxylation is 1. The molecule has 1 saturated heterocycles. The van der Waals surface area contributed by atoms with Crippen molar-refractivity contribution < 1.29 is 4.79 Å². The van der Waals surface area contributed by atoms with Crippen LogP contribution in [0.4, 0.5) is 0 Å². The first-order valence-corrected chi connectivity index (χ1v) is 11.0. The van der Waals surface area contributed by atoms with E-state index < -0.39 is 0 Å². The lowest BCUT2D eigenvalue weighted by Crippen LogP contribution is -2.34. The van der Waals surface area contributed by atoms with E-state index in [1.807, 2.05) is 54.3 Å². The van der Waals surface area contributed by atoms with Crippen LogP contribution in [0, 0.1) is 0 Å². The highest BCUT2D eigenvalue weighted by atomic mass is 32.2. The zero-order chi connectivity index (χ0) is 20.4. The maximum Gasteiger partial charge on any atom is 0.266 e. The molecular formula is C23H25N3O2S. The second kappa shape index (κ2) is 8.41. The van der Waals surface area contributed by atoms with Crippen LogP contribution in [0.5, 0.6) is 0 Å². The third-order valence-electron chi connectivity index (χ3n) is 5.40. The van der Waals surface area contributed by atoms with Crippen molar-refractivity contribution in [2.75, 3.05) is 13.1 Å². The number of carbonyl (C=O) groups is 1. The molecule has 6 heteroatoms. The number of aromatic nitrogens is 2. The van der Waals surface area contributed by atoms with Gasteiger partial charge in [0.15, 0.2) is 5.16 Å². The van der Waals surface area contributed by atoms with Crippen molar-refractivity contribution in [1.82, 2.24) is 14.5 Å². The van der Waals surface area contributed by atoms with Crippen LogP contribution < -0.4 is 5.56 Å². The van der Waals surface area contributed by atoms with Crippen LogP contribution >= 0.6 is 11.8 Å². The molecule has 1 atom stereocenters. The van der Waals surface area contributed by atoms with Gasteiger partial charge in [-0.25, -0.2) is 4.98 Å². The summed E-state index contributed by atoms with van der Waals surface area (Å²) in [5, 5.41) is 0.829. The van der Waals surface area contributed by atoms with Crippen LogP contribution in [-0.4, -0.2) is 38.7 Å². The molecule has 4 rings (SSSR count). The molecule has 0 N–H and O–H groups in total. The standard InChI is InChI=1S/C23H25N3O2S/c1-3-17-10-12-18(13-11-17)26-22(28)19-8-4-5-9-20(19)24-23(26)29-16(2)21(27)25-14-6-7-15-25/h4-5,8-13,16H,3,6-7,14-15H2,1-2H3/t16-/m1/s1. The Bertz CT molecular complexity index is 1090. The van der Waals surface area contributed by atoms with Gasteiger partial charge in [0.05, 0.1) is 21.8 Å². The van der Waals surface area contributed by atoms with E-state index in [1.165, 1.54) is 17.3 Å². The first-order valence-electron chi connectivity index (χ1n) is 10.1. The molecule has 0 unspecified atom stereocenters. The summed E-state index contributed by atoms with van der Waals surface area (Å²) in [4.78, 5) is 32.8. The van der Waals surface area contributed by atoms with Crippen LogP contribution in [0.15, 0.2) is 58.5 Å². The number of amides is 1. The second-order valence-electron chi connectivity index (χ2n) is 7.36. The highest BCUT2D eigenvalue weighted by Crippen LogP contribution is 2.27. The van der Waals surface area contributed by atoms with Gasteiger partial charge in [0, 0.05) is 13.1 Å². The van der Waals surface area contributed by atoms with Gasteiger partial charge in [-0.05, 0) is 56.0 Å². The minimum atomic E-state index is -0.303. The molecule has 29 heavy (non-hydrogen) atoms. The molecule has 1 amide bonds. The number of para-hydroxylation sites is 1. The Labute approximate surface area is 174 Å². The fourth-order valence-electron chi connectivity index (χ4n) is 3.70. The smallest absolute Gasteiger partial charge is 0.266 e. The molecular weight excluding hydrogens is 382 g/mol. The summed E-state index contributed by atoms with van der Waals surface area (Å²) >= 11 is 1.36.